The van der Waals surface area contributed by atoms with Crippen molar-refractivity contribution in [3.63, 3.8) is 0 Å². The van der Waals surface area contributed by atoms with Crippen LogP contribution in [0.3, 0.4) is 0 Å². The number of fused-ring (bicyclic) bond motifs is 1. The minimum absolute atomic E-state index is 0.0936. The molecule has 6 nitrogen and oxygen atoms in total. The summed E-state index contributed by atoms with van der Waals surface area (Å²) in [6.07, 6.45) is 1.20. The molecular weight excluding hydrogens is 490 g/mol. The number of alkyl halides is 3. The Morgan fingerprint density at radius 1 is 1.11 bits per heavy atom. The van der Waals surface area contributed by atoms with Crippen molar-refractivity contribution < 1.29 is 40.6 Å². The van der Waals surface area contributed by atoms with Gasteiger partial charge in [0.25, 0.3) is 9.84 Å². The van der Waals surface area contributed by atoms with E-state index in [2.05, 4.69) is 4.98 Å². The third-order valence-electron chi connectivity index (χ3n) is 5.70. The number of sulfone groups is 1. The van der Waals surface area contributed by atoms with Gasteiger partial charge in [0, 0.05) is 28.9 Å². The number of carbonyl (C=O) groups excluding carboxylic acids is 1. The molecule has 0 bridgehead atoms. The van der Waals surface area contributed by atoms with Crippen molar-refractivity contribution in [3.05, 3.63) is 83.4 Å². The van der Waals surface area contributed by atoms with Crippen molar-refractivity contribution in [1.29, 1.82) is 0 Å². The zero-order chi connectivity index (χ0) is 25.4. The van der Waals surface area contributed by atoms with Gasteiger partial charge in [-0.2, -0.15) is 13.2 Å². The number of ether oxygens (including phenoxy) is 1. The molecule has 0 spiro atoms. The fraction of sp³-hybridized carbons (Fsp3) is 0.250. The lowest BCUT2D eigenvalue weighted by Gasteiger charge is -2.30. The average Bonchev–Trinajstić information content (AvgIpc) is 2.80. The van der Waals surface area contributed by atoms with Crippen LogP contribution < -0.4 is 4.74 Å². The van der Waals surface area contributed by atoms with E-state index < -0.39 is 38.8 Å². The number of hydrogen-bond donors (Lipinski definition) is 1. The summed E-state index contributed by atoms with van der Waals surface area (Å²) in [5.74, 6) is -3.93. The van der Waals surface area contributed by atoms with Crippen LogP contribution >= 0.6 is 0 Å². The third kappa shape index (κ3) is 5.20. The molecule has 2 heterocycles. The molecule has 35 heavy (non-hydrogen) atoms. The third-order valence-corrected chi connectivity index (χ3v) is 7.04. The van der Waals surface area contributed by atoms with Crippen molar-refractivity contribution in [2.45, 2.75) is 18.0 Å². The number of aliphatic hydroxyl groups is 1. The van der Waals surface area contributed by atoms with Gasteiger partial charge in [-0.15, -0.1) is 0 Å². The van der Waals surface area contributed by atoms with Gasteiger partial charge >= 0.3 is 5.51 Å². The Balaban J connectivity index is 1.64. The highest BCUT2D eigenvalue weighted by molar-refractivity contribution is 7.93. The number of aromatic nitrogens is 1. The Labute approximate surface area is 198 Å². The summed E-state index contributed by atoms with van der Waals surface area (Å²) in [5.41, 5.74) is -4.63. The number of nitrogens with zero attached hydrogens (tertiary/aromatic N) is 1. The molecule has 1 N–H and O–H groups in total. The van der Waals surface area contributed by atoms with Crippen LogP contribution in [0.15, 0.2) is 60.8 Å². The molecule has 0 unspecified atom stereocenters. The second-order valence-corrected chi connectivity index (χ2v) is 10.1. The van der Waals surface area contributed by atoms with Crippen LogP contribution in [-0.4, -0.2) is 42.2 Å². The molecule has 0 fully saturated rings. The number of carbonyl (C=O) groups is 1. The molecule has 3 aromatic rings. The SMILES string of the molecule is O=C(CS(=O)(=O)C(F)(F)F)c1ccc(F)cc1-c1ccc2c(c1)OC[C@H](Cc1ccccn1)[C@H]2O. The number of aliphatic hydroxyl groups excluding tert-OH is 1. The van der Waals surface area contributed by atoms with Crippen molar-refractivity contribution in [2.75, 3.05) is 12.4 Å². The van der Waals surface area contributed by atoms with Crippen LogP contribution in [0.2, 0.25) is 0 Å². The standard InChI is InChI=1S/C24H19F4NO5S/c25-16-5-7-18(21(30)13-35(32,33)24(26,27)28)20(11-16)14-4-6-19-22(10-14)34-12-15(23(19)31)9-17-3-1-2-8-29-17/h1-8,10-11,15,23,31H,9,12-13H2/t15-,23+/m0/s1. The molecule has 4 rings (SSSR count). The average molecular weight is 509 g/mol. The smallest absolute Gasteiger partial charge is 0.493 e. The number of benzene rings is 2. The molecule has 0 amide bonds. The summed E-state index contributed by atoms with van der Waals surface area (Å²) >= 11 is 0. The largest absolute Gasteiger partial charge is 0.497 e. The Morgan fingerprint density at radius 3 is 2.57 bits per heavy atom. The molecule has 0 saturated carbocycles. The predicted octanol–water partition coefficient (Wildman–Crippen LogP) is 4.29. The van der Waals surface area contributed by atoms with Crippen LogP contribution in [0.5, 0.6) is 5.75 Å². The van der Waals surface area contributed by atoms with E-state index in [4.69, 9.17) is 4.74 Å². The molecular formula is C24H19F4NO5S. The van der Waals surface area contributed by atoms with Crippen LogP contribution in [0.25, 0.3) is 11.1 Å². The van der Waals surface area contributed by atoms with Gasteiger partial charge < -0.3 is 9.84 Å². The summed E-state index contributed by atoms with van der Waals surface area (Å²) in [4.78, 5) is 16.7. The molecule has 1 aliphatic rings. The van der Waals surface area contributed by atoms with E-state index >= 15 is 0 Å². The Morgan fingerprint density at radius 2 is 1.89 bits per heavy atom. The van der Waals surface area contributed by atoms with E-state index in [-0.39, 0.29) is 35.0 Å². The van der Waals surface area contributed by atoms with Crippen LogP contribution in [0, 0.1) is 11.7 Å². The summed E-state index contributed by atoms with van der Waals surface area (Å²) in [6.45, 7) is 0.146. The van der Waals surface area contributed by atoms with Gasteiger partial charge in [-0.3, -0.25) is 9.78 Å². The lowest BCUT2D eigenvalue weighted by Crippen LogP contribution is -2.30. The normalized spacial score (nSPS) is 18.0. The maximum absolute atomic E-state index is 14.0. The van der Waals surface area contributed by atoms with E-state index in [1.165, 1.54) is 18.2 Å². The Kier molecular flexibility index (Phi) is 6.65. The molecule has 2 aromatic carbocycles. The maximum Gasteiger partial charge on any atom is 0.497 e. The first-order valence-electron chi connectivity index (χ1n) is 10.4. The first-order chi connectivity index (χ1) is 16.5. The van der Waals surface area contributed by atoms with Gasteiger partial charge in [-0.05, 0) is 53.9 Å². The second kappa shape index (κ2) is 9.38. The number of hydrogen-bond acceptors (Lipinski definition) is 6. The summed E-state index contributed by atoms with van der Waals surface area (Å²) in [7, 11) is -5.71. The van der Waals surface area contributed by atoms with Gasteiger partial charge in [0.1, 0.15) is 17.3 Å². The second-order valence-electron chi connectivity index (χ2n) is 8.11. The fourth-order valence-corrected chi connectivity index (χ4v) is 4.57. The van der Waals surface area contributed by atoms with E-state index in [0.717, 1.165) is 23.9 Å². The van der Waals surface area contributed by atoms with Crippen LogP contribution in [0.4, 0.5) is 17.6 Å². The topological polar surface area (TPSA) is 93.6 Å². The summed E-state index contributed by atoms with van der Waals surface area (Å²) in [6, 6.07) is 12.6. The quantitative estimate of drug-likeness (QED) is 0.394. The monoisotopic (exact) mass is 509 g/mol. The van der Waals surface area contributed by atoms with Crippen molar-refractivity contribution in [3.8, 4) is 16.9 Å². The lowest BCUT2D eigenvalue weighted by atomic mass is 9.88. The number of ketones is 1. The first-order valence-corrected chi connectivity index (χ1v) is 12.1. The van der Waals surface area contributed by atoms with Crippen LogP contribution in [0.1, 0.15) is 27.7 Å². The molecule has 184 valence electrons. The van der Waals surface area contributed by atoms with E-state index in [1.807, 2.05) is 12.1 Å². The zero-order valence-corrected chi connectivity index (χ0v) is 18.8. The van der Waals surface area contributed by atoms with E-state index in [9.17, 15) is 35.9 Å². The number of Topliss-reactive ketones (excluding diaryl/α,β-unsaturated/α-hetero) is 1. The molecule has 2 atom stereocenters. The van der Waals surface area contributed by atoms with Crippen molar-refractivity contribution in [1.82, 2.24) is 4.98 Å². The Hall–Kier alpha value is -3.31. The van der Waals surface area contributed by atoms with Gasteiger partial charge in [0.15, 0.2) is 5.78 Å². The molecule has 0 radical (unpaired) electrons. The summed E-state index contributed by atoms with van der Waals surface area (Å²) < 4.78 is 81.0. The number of rotatable bonds is 6. The van der Waals surface area contributed by atoms with Gasteiger partial charge in [-0.1, -0.05) is 18.2 Å². The predicted molar refractivity (Wildman–Crippen MR) is 118 cm³/mol. The van der Waals surface area contributed by atoms with Crippen molar-refractivity contribution >= 4 is 15.6 Å². The van der Waals surface area contributed by atoms with E-state index in [0.29, 0.717) is 12.0 Å². The lowest BCUT2D eigenvalue weighted by molar-refractivity contribution is -0.0434. The number of halogens is 4. The highest BCUT2D eigenvalue weighted by Crippen LogP contribution is 2.40. The van der Waals surface area contributed by atoms with E-state index in [1.54, 1.807) is 12.3 Å². The highest BCUT2D eigenvalue weighted by atomic mass is 32.2. The molecule has 0 aliphatic carbocycles. The minimum atomic E-state index is -5.71. The van der Waals surface area contributed by atoms with Gasteiger partial charge in [0.2, 0.25) is 0 Å². The highest BCUT2D eigenvalue weighted by Gasteiger charge is 2.46. The summed E-state index contributed by atoms with van der Waals surface area (Å²) in [5, 5.41) is 10.8. The fourth-order valence-electron chi connectivity index (χ4n) is 3.90. The molecule has 0 saturated heterocycles. The molecule has 11 heteroatoms. The minimum Gasteiger partial charge on any atom is -0.493 e. The molecule has 1 aromatic heterocycles. The van der Waals surface area contributed by atoms with Gasteiger partial charge in [0.05, 0.1) is 12.7 Å². The van der Waals surface area contributed by atoms with Gasteiger partial charge in [-0.25, -0.2) is 12.8 Å². The first kappa shape index (κ1) is 24.8. The maximum atomic E-state index is 14.0. The van der Waals surface area contributed by atoms with Crippen LogP contribution in [-0.2, 0) is 16.3 Å². The number of pyridine rings is 1. The van der Waals surface area contributed by atoms with Crippen molar-refractivity contribution in [2.24, 2.45) is 5.92 Å². The molecule has 1 aliphatic heterocycles. The Bertz CT molecular complexity index is 1360. The zero-order valence-electron chi connectivity index (χ0n) is 18.0.